The van der Waals surface area contributed by atoms with Crippen molar-refractivity contribution in [2.24, 2.45) is 0 Å². The number of rotatable bonds is 9. The number of aryl methyl sites for hydroxylation is 2. The zero-order valence-corrected chi connectivity index (χ0v) is 22.1. The largest absolute Gasteiger partial charge is 0.497 e. The van der Waals surface area contributed by atoms with E-state index >= 15 is 0 Å². The standard InChI is InChI=1S/C28H34N4O5/c1-18-8-7-9-21(16-18)32(25(34)15-14-24(33)29-23-17-19(2)37-31-23)26(27(35)30-28(3,4)5)20-10-12-22(36-6)13-11-20/h7-13,16-17,26H,14-15H2,1-6H3,(H,30,35)(H,29,31,33). The van der Waals surface area contributed by atoms with Crippen LogP contribution in [0.5, 0.6) is 5.75 Å². The normalized spacial score (nSPS) is 11.9. The molecule has 2 aromatic carbocycles. The highest BCUT2D eigenvalue weighted by Crippen LogP contribution is 2.31. The Hall–Kier alpha value is -4.14. The van der Waals surface area contributed by atoms with Crippen molar-refractivity contribution in [1.29, 1.82) is 0 Å². The van der Waals surface area contributed by atoms with Crippen LogP contribution in [0.25, 0.3) is 0 Å². The Morgan fingerprint density at radius 2 is 1.73 bits per heavy atom. The number of hydrogen-bond acceptors (Lipinski definition) is 6. The fraction of sp³-hybridized carbons (Fsp3) is 0.357. The van der Waals surface area contributed by atoms with Crippen molar-refractivity contribution in [2.75, 3.05) is 17.3 Å². The average Bonchev–Trinajstić information content (AvgIpc) is 3.24. The van der Waals surface area contributed by atoms with Gasteiger partial charge in [-0.1, -0.05) is 29.4 Å². The summed E-state index contributed by atoms with van der Waals surface area (Å²) in [5.41, 5.74) is 1.57. The molecule has 3 rings (SSSR count). The SMILES string of the molecule is COc1ccc(C(C(=O)NC(C)(C)C)N(C(=O)CCC(=O)Nc2cc(C)on2)c2cccc(C)c2)cc1. The van der Waals surface area contributed by atoms with Gasteiger partial charge in [0.15, 0.2) is 5.82 Å². The van der Waals surface area contributed by atoms with Crippen LogP contribution in [0.3, 0.4) is 0 Å². The van der Waals surface area contributed by atoms with E-state index in [2.05, 4.69) is 15.8 Å². The Morgan fingerprint density at radius 3 is 2.30 bits per heavy atom. The molecular weight excluding hydrogens is 472 g/mol. The molecule has 1 unspecified atom stereocenters. The lowest BCUT2D eigenvalue weighted by molar-refractivity contribution is -0.128. The molecule has 2 N–H and O–H groups in total. The first-order valence-electron chi connectivity index (χ1n) is 12.0. The summed E-state index contributed by atoms with van der Waals surface area (Å²) in [7, 11) is 1.56. The first kappa shape index (κ1) is 27.4. The molecule has 9 heteroatoms. The van der Waals surface area contributed by atoms with Crippen molar-refractivity contribution in [3.63, 3.8) is 0 Å². The molecule has 3 amide bonds. The molecule has 0 radical (unpaired) electrons. The topological polar surface area (TPSA) is 114 Å². The van der Waals surface area contributed by atoms with E-state index in [0.29, 0.717) is 22.8 Å². The molecule has 196 valence electrons. The van der Waals surface area contributed by atoms with Gasteiger partial charge in [0.05, 0.1) is 7.11 Å². The molecule has 0 fully saturated rings. The monoisotopic (exact) mass is 506 g/mol. The zero-order valence-electron chi connectivity index (χ0n) is 22.1. The van der Waals surface area contributed by atoms with Crippen LogP contribution < -0.4 is 20.3 Å². The molecule has 1 heterocycles. The van der Waals surface area contributed by atoms with Crippen molar-refractivity contribution in [3.05, 3.63) is 71.5 Å². The fourth-order valence-electron chi connectivity index (χ4n) is 3.83. The molecule has 1 atom stereocenters. The van der Waals surface area contributed by atoms with Crippen molar-refractivity contribution < 1.29 is 23.6 Å². The van der Waals surface area contributed by atoms with Crippen LogP contribution in [0.2, 0.25) is 0 Å². The summed E-state index contributed by atoms with van der Waals surface area (Å²) in [5, 5.41) is 9.38. The summed E-state index contributed by atoms with van der Waals surface area (Å²) in [5.74, 6) is 0.380. The van der Waals surface area contributed by atoms with E-state index < -0.39 is 11.6 Å². The Labute approximate surface area is 217 Å². The number of nitrogens with one attached hydrogen (secondary N) is 2. The second-order valence-corrected chi connectivity index (χ2v) is 9.89. The van der Waals surface area contributed by atoms with Gasteiger partial charge in [0, 0.05) is 30.1 Å². The number of anilines is 2. The minimum atomic E-state index is -0.972. The van der Waals surface area contributed by atoms with E-state index in [-0.39, 0.29) is 36.4 Å². The molecule has 0 spiro atoms. The molecule has 37 heavy (non-hydrogen) atoms. The van der Waals surface area contributed by atoms with Gasteiger partial charge in [0.1, 0.15) is 17.6 Å². The number of carbonyl (C=O) groups excluding carboxylic acids is 3. The van der Waals surface area contributed by atoms with Gasteiger partial charge in [-0.15, -0.1) is 0 Å². The quantitative estimate of drug-likeness (QED) is 0.435. The minimum Gasteiger partial charge on any atom is -0.497 e. The Kier molecular flexibility index (Phi) is 8.70. The van der Waals surface area contributed by atoms with Crippen molar-refractivity contribution >= 4 is 29.2 Å². The molecule has 0 saturated carbocycles. The lowest BCUT2D eigenvalue weighted by atomic mass is 9.99. The van der Waals surface area contributed by atoms with Gasteiger partial charge in [-0.2, -0.15) is 0 Å². The summed E-state index contributed by atoms with van der Waals surface area (Å²) in [6.07, 6.45) is -0.213. The van der Waals surface area contributed by atoms with Gasteiger partial charge in [0.2, 0.25) is 17.7 Å². The predicted octanol–water partition coefficient (Wildman–Crippen LogP) is 4.71. The molecule has 0 bridgehead atoms. The van der Waals surface area contributed by atoms with Crippen molar-refractivity contribution in [2.45, 2.75) is 59.0 Å². The number of amides is 3. The van der Waals surface area contributed by atoms with Crippen LogP contribution >= 0.6 is 0 Å². The molecule has 1 aromatic heterocycles. The second-order valence-electron chi connectivity index (χ2n) is 9.89. The van der Waals surface area contributed by atoms with Gasteiger partial charge < -0.3 is 19.9 Å². The van der Waals surface area contributed by atoms with E-state index in [1.54, 1.807) is 50.4 Å². The molecule has 3 aromatic rings. The number of nitrogens with zero attached hydrogens (tertiary/aromatic N) is 2. The van der Waals surface area contributed by atoms with E-state index in [1.165, 1.54) is 4.90 Å². The zero-order chi connectivity index (χ0) is 27.2. The van der Waals surface area contributed by atoms with E-state index in [1.807, 2.05) is 45.9 Å². The Morgan fingerprint density at radius 1 is 1.03 bits per heavy atom. The van der Waals surface area contributed by atoms with E-state index in [0.717, 1.165) is 5.56 Å². The number of carbonyl (C=O) groups is 3. The number of methoxy groups -OCH3 is 1. The highest BCUT2D eigenvalue weighted by Gasteiger charge is 2.34. The number of aromatic nitrogens is 1. The van der Waals surface area contributed by atoms with Crippen LogP contribution in [0, 0.1) is 13.8 Å². The highest BCUT2D eigenvalue weighted by molar-refractivity contribution is 6.03. The Bertz CT molecular complexity index is 1240. The molecule has 0 aliphatic carbocycles. The summed E-state index contributed by atoms with van der Waals surface area (Å²) >= 11 is 0. The summed E-state index contributed by atoms with van der Waals surface area (Å²) < 4.78 is 10.2. The third kappa shape index (κ3) is 7.67. The number of hydrogen-bond donors (Lipinski definition) is 2. The van der Waals surface area contributed by atoms with Gasteiger partial charge >= 0.3 is 0 Å². The third-order valence-corrected chi connectivity index (χ3v) is 5.45. The maximum Gasteiger partial charge on any atom is 0.248 e. The Balaban J connectivity index is 1.96. The van der Waals surface area contributed by atoms with Crippen LogP contribution in [0.1, 0.15) is 56.5 Å². The smallest absolute Gasteiger partial charge is 0.248 e. The summed E-state index contributed by atoms with van der Waals surface area (Å²) in [6, 6.07) is 15.0. The molecular formula is C28H34N4O5. The van der Waals surface area contributed by atoms with E-state index in [4.69, 9.17) is 9.26 Å². The molecule has 9 nitrogen and oxygen atoms in total. The van der Waals surface area contributed by atoms with Crippen molar-refractivity contribution in [1.82, 2.24) is 10.5 Å². The number of ether oxygens (including phenoxy) is 1. The molecule has 0 aliphatic heterocycles. The maximum atomic E-state index is 13.7. The number of benzene rings is 2. The maximum absolute atomic E-state index is 13.7. The second kappa shape index (κ2) is 11.7. The fourth-order valence-corrected chi connectivity index (χ4v) is 3.83. The molecule has 0 saturated heterocycles. The van der Waals surface area contributed by atoms with Gasteiger partial charge in [-0.25, -0.2) is 0 Å². The average molecular weight is 507 g/mol. The van der Waals surface area contributed by atoms with Crippen LogP contribution in [0.15, 0.2) is 59.1 Å². The highest BCUT2D eigenvalue weighted by atomic mass is 16.5. The van der Waals surface area contributed by atoms with E-state index in [9.17, 15) is 14.4 Å². The lowest BCUT2D eigenvalue weighted by Crippen LogP contribution is -2.49. The van der Waals surface area contributed by atoms with Crippen LogP contribution in [-0.2, 0) is 14.4 Å². The van der Waals surface area contributed by atoms with Crippen LogP contribution in [0.4, 0.5) is 11.5 Å². The summed E-state index contributed by atoms with van der Waals surface area (Å²) in [6.45, 7) is 9.27. The van der Waals surface area contributed by atoms with Gasteiger partial charge in [-0.3, -0.25) is 19.3 Å². The van der Waals surface area contributed by atoms with Crippen molar-refractivity contribution in [3.8, 4) is 5.75 Å². The third-order valence-electron chi connectivity index (χ3n) is 5.45. The lowest BCUT2D eigenvalue weighted by Gasteiger charge is -2.34. The molecule has 0 aliphatic rings. The first-order chi connectivity index (χ1) is 17.5. The first-order valence-corrected chi connectivity index (χ1v) is 12.0. The van der Waals surface area contributed by atoms with Gasteiger partial charge in [0.25, 0.3) is 0 Å². The van der Waals surface area contributed by atoms with Gasteiger partial charge in [-0.05, 0) is 70.0 Å². The summed E-state index contributed by atoms with van der Waals surface area (Å²) in [4.78, 5) is 41.4. The minimum absolute atomic E-state index is 0.0940. The van der Waals surface area contributed by atoms with Crippen LogP contribution in [-0.4, -0.2) is 35.5 Å². The predicted molar refractivity (Wildman–Crippen MR) is 141 cm³/mol.